The summed E-state index contributed by atoms with van der Waals surface area (Å²) in [6, 6.07) is 0. The first-order valence-electron chi connectivity index (χ1n) is 5.92. The molecule has 0 amide bonds. The fraction of sp³-hybridized carbons (Fsp3) is 0.667. The monoisotopic (exact) mass is 238 g/mol. The molecule has 5 nitrogen and oxygen atoms in total. The molecule has 17 heavy (non-hydrogen) atoms. The summed E-state index contributed by atoms with van der Waals surface area (Å²) in [6.45, 7) is 0. The number of hydrogen-bond acceptors (Lipinski definition) is 4. The Morgan fingerprint density at radius 1 is 1.65 bits per heavy atom. The number of esters is 1. The van der Waals surface area contributed by atoms with Crippen LogP contribution < -0.4 is 0 Å². The van der Waals surface area contributed by atoms with Crippen LogP contribution >= 0.6 is 0 Å². The van der Waals surface area contributed by atoms with E-state index in [0.29, 0.717) is 30.9 Å². The Labute approximate surface area is 100 Å². The summed E-state index contributed by atoms with van der Waals surface area (Å²) in [5.41, 5.74) is -0.124. The van der Waals surface area contributed by atoms with Crippen LogP contribution in [0.5, 0.6) is 0 Å². The number of ether oxygens (including phenoxy) is 1. The fourth-order valence-corrected chi connectivity index (χ4v) is 2.45. The van der Waals surface area contributed by atoms with Crippen molar-refractivity contribution in [2.75, 3.05) is 7.11 Å². The van der Waals surface area contributed by atoms with Crippen LogP contribution in [0.1, 0.15) is 37.8 Å². The first kappa shape index (κ1) is 12.1. The molecule has 0 saturated heterocycles. The Morgan fingerprint density at radius 2 is 2.35 bits per heavy atom. The Kier molecular flexibility index (Phi) is 3.47. The van der Waals surface area contributed by atoms with Crippen LogP contribution in [0.2, 0.25) is 0 Å². The van der Waals surface area contributed by atoms with Crippen molar-refractivity contribution in [1.82, 2.24) is 9.97 Å². The van der Waals surface area contributed by atoms with Crippen LogP contribution in [0.15, 0.2) is 12.5 Å². The van der Waals surface area contributed by atoms with Gasteiger partial charge in [-0.05, 0) is 31.6 Å². The third-order valence-corrected chi connectivity index (χ3v) is 3.59. The summed E-state index contributed by atoms with van der Waals surface area (Å²) < 4.78 is 4.66. The predicted octanol–water partition coefficient (Wildman–Crippen LogP) is 1.35. The second-order valence-electron chi connectivity index (χ2n) is 4.71. The molecule has 0 bridgehead atoms. The fourth-order valence-electron chi connectivity index (χ4n) is 2.45. The maximum atomic E-state index is 11.2. The SMILES string of the molecule is COC(=O)C[C@H]1CC[C@](O)(c2c[nH]cn2)CC1. The number of imidazole rings is 1. The van der Waals surface area contributed by atoms with E-state index in [9.17, 15) is 9.90 Å². The van der Waals surface area contributed by atoms with Crippen molar-refractivity contribution in [3.05, 3.63) is 18.2 Å². The van der Waals surface area contributed by atoms with E-state index in [1.807, 2.05) is 0 Å². The van der Waals surface area contributed by atoms with Gasteiger partial charge < -0.3 is 14.8 Å². The lowest BCUT2D eigenvalue weighted by atomic mass is 9.76. The highest BCUT2D eigenvalue weighted by atomic mass is 16.5. The number of nitrogens with one attached hydrogen (secondary N) is 1. The van der Waals surface area contributed by atoms with Gasteiger partial charge in [0.1, 0.15) is 5.60 Å². The summed E-state index contributed by atoms with van der Waals surface area (Å²) in [5.74, 6) is 0.155. The molecule has 94 valence electrons. The van der Waals surface area contributed by atoms with E-state index >= 15 is 0 Å². The van der Waals surface area contributed by atoms with Gasteiger partial charge in [-0.15, -0.1) is 0 Å². The van der Waals surface area contributed by atoms with Crippen molar-refractivity contribution in [2.45, 2.75) is 37.7 Å². The first-order chi connectivity index (χ1) is 8.14. The van der Waals surface area contributed by atoms with Gasteiger partial charge in [0, 0.05) is 12.6 Å². The molecule has 1 fully saturated rings. The van der Waals surface area contributed by atoms with Gasteiger partial charge in [-0.1, -0.05) is 0 Å². The quantitative estimate of drug-likeness (QED) is 0.779. The predicted molar refractivity (Wildman–Crippen MR) is 61.1 cm³/mol. The molecule has 1 aromatic rings. The maximum absolute atomic E-state index is 11.2. The molecular formula is C12H18N2O3. The van der Waals surface area contributed by atoms with Crippen molar-refractivity contribution in [1.29, 1.82) is 0 Å². The number of aromatic amines is 1. The average Bonchev–Trinajstić information content (AvgIpc) is 2.86. The molecule has 0 aromatic carbocycles. The van der Waals surface area contributed by atoms with Crippen molar-refractivity contribution in [3.8, 4) is 0 Å². The van der Waals surface area contributed by atoms with Gasteiger partial charge in [0.15, 0.2) is 0 Å². The van der Waals surface area contributed by atoms with E-state index in [2.05, 4.69) is 14.7 Å². The number of rotatable bonds is 3. The van der Waals surface area contributed by atoms with E-state index in [-0.39, 0.29) is 5.97 Å². The molecule has 1 aliphatic rings. The van der Waals surface area contributed by atoms with Gasteiger partial charge in [-0.2, -0.15) is 0 Å². The zero-order valence-corrected chi connectivity index (χ0v) is 9.98. The molecule has 2 N–H and O–H groups in total. The van der Waals surface area contributed by atoms with Gasteiger partial charge in [0.2, 0.25) is 0 Å². The molecule has 1 aliphatic carbocycles. The molecule has 0 unspecified atom stereocenters. The lowest BCUT2D eigenvalue weighted by Crippen LogP contribution is -2.32. The van der Waals surface area contributed by atoms with E-state index in [0.717, 1.165) is 12.8 Å². The van der Waals surface area contributed by atoms with Crippen molar-refractivity contribution < 1.29 is 14.6 Å². The van der Waals surface area contributed by atoms with Crippen molar-refractivity contribution in [3.63, 3.8) is 0 Å². The second-order valence-corrected chi connectivity index (χ2v) is 4.71. The standard InChI is InChI=1S/C12H18N2O3/c1-17-11(15)6-9-2-4-12(16,5-3-9)10-7-13-8-14-10/h7-9,16H,2-6H2,1H3,(H,13,14)/t9-,12+. The first-order valence-corrected chi connectivity index (χ1v) is 5.92. The molecule has 1 saturated carbocycles. The highest BCUT2D eigenvalue weighted by Gasteiger charge is 2.36. The minimum Gasteiger partial charge on any atom is -0.469 e. The van der Waals surface area contributed by atoms with Gasteiger partial charge in [-0.3, -0.25) is 4.79 Å². The number of carbonyl (C=O) groups excluding carboxylic acids is 1. The van der Waals surface area contributed by atoms with E-state index in [1.54, 1.807) is 12.5 Å². The van der Waals surface area contributed by atoms with Gasteiger partial charge in [0.25, 0.3) is 0 Å². The van der Waals surface area contributed by atoms with E-state index in [1.165, 1.54) is 7.11 Å². The third kappa shape index (κ3) is 2.66. The minimum absolute atomic E-state index is 0.166. The zero-order valence-electron chi connectivity index (χ0n) is 9.98. The lowest BCUT2D eigenvalue weighted by Gasteiger charge is -2.34. The largest absolute Gasteiger partial charge is 0.469 e. The maximum Gasteiger partial charge on any atom is 0.305 e. The van der Waals surface area contributed by atoms with Crippen LogP contribution in [0.3, 0.4) is 0 Å². The highest BCUT2D eigenvalue weighted by molar-refractivity contribution is 5.69. The van der Waals surface area contributed by atoms with Gasteiger partial charge >= 0.3 is 5.97 Å². The minimum atomic E-state index is -0.827. The smallest absolute Gasteiger partial charge is 0.305 e. The number of methoxy groups -OCH3 is 1. The molecular weight excluding hydrogens is 220 g/mol. The summed E-state index contributed by atoms with van der Waals surface area (Å²) in [6.07, 6.45) is 6.73. The average molecular weight is 238 g/mol. The number of carbonyl (C=O) groups is 1. The van der Waals surface area contributed by atoms with Gasteiger partial charge in [-0.25, -0.2) is 4.98 Å². The summed E-state index contributed by atoms with van der Waals surface area (Å²) in [5, 5.41) is 10.4. The number of H-pyrrole nitrogens is 1. The number of aliphatic hydroxyl groups is 1. The Morgan fingerprint density at radius 3 is 2.88 bits per heavy atom. The molecule has 1 aromatic heterocycles. The van der Waals surface area contributed by atoms with Crippen molar-refractivity contribution in [2.24, 2.45) is 5.92 Å². The molecule has 0 radical (unpaired) electrons. The third-order valence-electron chi connectivity index (χ3n) is 3.59. The van der Waals surface area contributed by atoms with Crippen LogP contribution in [0, 0.1) is 5.92 Å². The number of aromatic nitrogens is 2. The molecule has 0 aliphatic heterocycles. The molecule has 0 atom stereocenters. The number of nitrogens with zero attached hydrogens (tertiary/aromatic N) is 1. The summed E-state index contributed by atoms with van der Waals surface area (Å²) in [7, 11) is 1.41. The normalized spacial score (nSPS) is 28.9. The lowest BCUT2D eigenvalue weighted by molar-refractivity contribution is -0.142. The zero-order chi connectivity index (χ0) is 12.3. The van der Waals surface area contributed by atoms with Crippen LogP contribution in [-0.4, -0.2) is 28.2 Å². The summed E-state index contributed by atoms with van der Waals surface area (Å²) >= 11 is 0. The van der Waals surface area contributed by atoms with Crippen molar-refractivity contribution >= 4 is 5.97 Å². The molecule has 1 heterocycles. The molecule has 0 spiro atoms. The highest BCUT2D eigenvalue weighted by Crippen LogP contribution is 2.39. The second kappa shape index (κ2) is 4.87. The van der Waals surface area contributed by atoms with Gasteiger partial charge in [0.05, 0.1) is 19.1 Å². The molecule has 2 rings (SSSR count). The van der Waals surface area contributed by atoms with Crippen LogP contribution in [0.4, 0.5) is 0 Å². The van der Waals surface area contributed by atoms with E-state index in [4.69, 9.17) is 0 Å². The van der Waals surface area contributed by atoms with E-state index < -0.39 is 5.60 Å². The Hall–Kier alpha value is -1.36. The Balaban J connectivity index is 1.91. The van der Waals surface area contributed by atoms with Crippen LogP contribution in [-0.2, 0) is 15.1 Å². The number of hydrogen-bond donors (Lipinski definition) is 2. The molecule has 5 heteroatoms. The Bertz CT molecular complexity index is 367. The van der Waals surface area contributed by atoms with Crippen LogP contribution in [0.25, 0.3) is 0 Å². The summed E-state index contributed by atoms with van der Waals surface area (Å²) in [4.78, 5) is 18.1. The topological polar surface area (TPSA) is 75.2 Å².